The highest BCUT2D eigenvalue weighted by atomic mass is 16.5. The molecule has 0 saturated carbocycles. The number of amides is 1. The summed E-state index contributed by atoms with van der Waals surface area (Å²) in [5.74, 6) is -2.27. The summed E-state index contributed by atoms with van der Waals surface area (Å²) in [6.07, 6.45) is 0.686. The summed E-state index contributed by atoms with van der Waals surface area (Å²) < 4.78 is 5.25. The summed E-state index contributed by atoms with van der Waals surface area (Å²) in [7, 11) is 0. The molecular weight excluding hydrogens is 454 g/mol. The summed E-state index contributed by atoms with van der Waals surface area (Å²) in [6.45, 7) is 7.85. The van der Waals surface area contributed by atoms with Crippen molar-refractivity contribution in [3.05, 3.63) is 106 Å². The lowest BCUT2D eigenvalue weighted by Gasteiger charge is -2.26. The normalized spacial score (nSPS) is 16.9. The number of ether oxygens (including phenoxy) is 1. The van der Waals surface area contributed by atoms with E-state index in [1.165, 1.54) is 4.90 Å². The van der Waals surface area contributed by atoms with E-state index in [0.717, 1.165) is 16.7 Å². The van der Waals surface area contributed by atoms with Crippen molar-refractivity contribution in [3.8, 4) is 0 Å². The number of esters is 1. The maximum Gasteiger partial charge on any atom is 0.338 e. The minimum absolute atomic E-state index is 0.0123. The second-order valence-electron chi connectivity index (χ2n) is 9.09. The predicted octanol–water partition coefficient (Wildman–Crippen LogP) is 5.80. The number of anilines is 1. The van der Waals surface area contributed by atoms with Gasteiger partial charge >= 0.3 is 5.97 Å². The summed E-state index contributed by atoms with van der Waals surface area (Å²) in [4.78, 5) is 40.7. The van der Waals surface area contributed by atoms with Crippen LogP contribution in [0.15, 0.2) is 72.3 Å². The van der Waals surface area contributed by atoms with Gasteiger partial charge in [0, 0.05) is 11.3 Å². The second kappa shape index (κ2) is 10.2. The van der Waals surface area contributed by atoms with Gasteiger partial charge in [-0.2, -0.15) is 0 Å². The Kier molecular flexibility index (Phi) is 7.06. The number of hydrogen-bond donors (Lipinski definition) is 1. The third kappa shape index (κ3) is 4.67. The third-order valence-corrected chi connectivity index (χ3v) is 6.25. The summed E-state index contributed by atoms with van der Waals surface area (Å²) >= 11 is 0. The molecule has 1 amide bonds. The number of nitrogens with zero attached hydrogens (tertiary/aromatic N) is 1. The molecule has 1 aliphatic rings. The molecule has 0 aromatic heterocycles. The van der Waals surface area contributed by atoms with Gasteiger partial charge in [0.25, 0.3) is 11.7 Å². The van der Waals surface area contributed by atoms with E-state index in [1.807, 2.05) is 64.1 Å². The zero-order chi connectivity index (χ0) is 26.0. The van der Waals surface area contributed by atoms with Crippen molar-refractivity contribution in [2.24, 2.45) is 0 Å². The molecule has 1 atom stereocenters. The van der Waals surface area contributed by atoms with Gasteiger partial charge < -0.3 is 9.84 Å². The van der Waals surface area contributed by atoms with Crippen LogP contribution in [0.5, 0.6) is 0 Å². The Hall–Kier alpha value is -4.19. The molecule has 36 heavy (non-hydrogen) atoms. The Labute approximate surface area is 210 Å². The van der Waals surface area contributed by atoms with Gasteiger partial charge in [0.15, 0.2) is 0 Å². The first-order valence-electron chi connectivity index (χ1n) is 11.9. The molecule has 184 valence electrons. The molecule has 1 N–H and O–H groups in total. The van der Waals surface area contributed by atoms with Crippen molar-refractivity contribution in [3.63, 3.8) is 0 Å². The molecule has 0 bridgehead atoms. The molecule has 1 unspecified atom stereocenters. The molecule has 6 nitrogen and oxygen atoms in total. The van der Waals surface area contributed by atoms with Crippen LogP contribution in [-0.4, -0.2) is 29.4 Å². The number of hydrogen-bond acceptors (Lipinski definition) is 5. The van der Waals surface area contributed by atoms with Crippen LogP contribution in [0.2, 0.25) is 0 Å². The van der Waals surface area contributed by atoms with Crippen molar-refractivity contribution >= 4 is 29.1 Å². The van der Waals surface area contributed by atoms with Crippen molar-refractivity contribution in [2.45, 2.75) is 40.2 Å². The molecule has 1 fully saturated rings. The number of rotatable bonds is 6. The maximum absolute atomic E-state index is 13.4. The van der Waals surface area contributed by atoms with Crippen LogP contribution in [0.25, 0.3) is 5.76 Å². The summed E-state index contributed by atoms with van der Waals surface area (Å²) in [5.41, 5.74) is 4.49. The number of aryl methyl sites for hydroxylation is 3. The second-order valence-corrected chi connectivity index (χ2v) is 9.09. The molecule has 6 heteroatoms. The largest absolute Gasteiger partial charge is 0.507 e. The van der Waals surface area contributed by atoms with Crippen LogP contribution >= 0.6 is 0 Å². The fourth-order valence-electron chi connectivity index (χ4n) is 4.45. The minimum Gasteiger partial charge on any atom is -0.507 e. The van der Waals surface area contributed by atoms with Gasteiger partial charge in [-0.25, -0.2) is 4.79 Å². The van der Waals surface area contributed by atoms with Gasteiger partial charge in [0.05, 0.1) is 23.8 Å². The molecule has 4 rings (SSSR count). The molecule has 0 aliphatic carbocycles. The zero-order valence-corrected chi connectivity index (χ0v) is 20.9. The first kappa shape index (κ1) is 24.9. The topological polar surface area (TPSA) is 83.9 Å². The van der Waals surface area contributed by atoms with E-state index < -0.39 is 23.7 Å². The molecule has 1 heterocycles. The van der Waals surface area contributed by atoms with Crippen LogP contribution in [-0.2, 0) is 14.3 Å². The number of Topliss-reactive ketones (excluding diaryl/α,β-unsaturated/α-hetero) is 1. The lowest BCUT2D eigenvalue weighted by molar-refractivity contribution is -0.132. The van der Waals surface area contributed by atoms with Crippen molar-refractivity contribution in [1.29, 1.82) is 0 Å². The lowest BCUT2D eigenvalue weighted by Crippen LogP contribution is -2.29. The Morgan fingerprint density at radius 3 is 2.39 bits per heavy atom. The fraction of sp³-hybridized carbons (Fsp3) is 0.233. The molecule has 0 spiro atoms. The number of ketones is 1. The van der Waals surface area contributed by atoms with E-state index in [0.29, 0.717) is 23.2 Å². The number of aliphatic hydroxyl groups excluding tert-OH is 1. The van der Waals surface area contributed by atoms with Crippen LogP contribution in [0.1, 0.15) is 57.6 Å². The van der Waals surface area contributed by atoms with Gasteiger partial charge in [-0.05, 0) is 62.6 Å². The van der Waals surface area contributed by atoms with Crippen LogP contribution < -0.4 is 4.90 Å². The average Bonchev–Trinajstić information content (AvgIpc) is 3.14. The third-order valence-electron chi connectivity index (χ3n) is 6.25. The van der Waals surface area contributed by atoms with E-state index in [1.54, 1.807) is 30.3 Å². The fourth-order valence-corrected chi connectivity index (χ4v) is 4.45. The zero-order valence-electron chi connectivity index (χ0n) is 20.9. The Balaban J connectivity index is 1.92. The summed E-state index contributed by atoms with van der Waals surface area (Å²) in [6, 6.07) is 18.7. The van der Waals surface area contributed by atoms with Crippen LogP contribution in [0, 0.1) is 20.8 Å². The first-order valence-corrected chi connectivity index (χ1v) is 11.9. The number of benzene rings is 3. The minimum atomic E-state index is -0.869. The van der Waals surface area contributed by atoms with E-state index in [9.17, 15) is 19.5 Å². The van der Waals surface area contributed by atoms with Gasteiger partial charge in [-0.1, -0.05) is 60.5 Å². The smallest absolute Gasteiger partial charge is 0.338 e. The van der Waals surface area contributed by atoms with Crippen molar-refractivity contribution in [2.75, 3.05) is 11.5 Å². The Bertz CT molecular complexity index is 1390. The molecule has 0 radical (unpaired) electrons. The molecule has 1 aliphatic heterocycles. The van der Waals surface area contributed by atoms with Gasteiger partial charge in [-0.15, -0.1) is 0 Å². The highest BCUT2D eigenvalue weighted by Crippen LogP contribution is 2.43. The average molecular weight is 484 g/mol. The van der Waals surface area contributed by atoms with Gasteiger partial charge in [0.2, 0.25) is 0 Å². The molecule has 3 aromatic rings. The van der Waals surface area contributed by atoms with E-state index in [-0.39, 0.29) is 23.5 Å². The van der Waals surface area contributed by atoms with Gasteiger partial charge in [0.1, 0.15) is 5.76 Å². The SMILES string of the molecule is CCCOC(=O)c1cccc(N2C(=O)C(=O)/C(=C(/O)c3cc(C)ccc3C)C2c2cccc(C)c2)c1. The first-order chi connectivity index (χ1) is 17.2. The molecule has 3 aromatic carbocycles. The van der Waals surface area contributed by atoms with Gasteiger partial charge in [-0.3, -0.25) is 14.5 Å². The van der Waals surface area contributed by atoms with Crippen molar-refractivity contribution in [1.82, 2.24) is 0 Å². The Morgan fingerprint density at radius 1 is 0.944 bits per heavy atom. The highest BCUT2D eigenvalue weighted by molar-refractivity contribution is 6.51. The summed E-state index contributed by atoms with van der Waals surface area (Å²) in [5, 5.41) is 11.4. The molecular formula is C30H29NO5. The van der Waals surface area contributed by atoms with Crippen LogP contribution in [0.4, 0.5) is 5.69 Å². The standard InChI is InChI=1S/C30H29NO5/c1-5-14-36-30(35)22-10-7-11-23(17-22)31-26(21-9-6-8-18(2)15-21)25(28(33)29(31)34)27(32)24-16-19(3)12-13-20(24)4/h6-13,15-17,26,32H,5,14H2,1-4H3/b27-25+. The quantitative estimate of drug-likeness (QED) is 0.207. The monoisotopic (exact) mass is 483 g/mol. The van der Waals surface area contributed by atoms with E-state index in [4.69, 9.17) is 4.74 Å². The maximum atomic E-state index is 13.4. The number of carbonyl (C=O) groups excluding carboxylic acids is 3. The number of carbonyl (C=O) groups is 3. The van der Waals surface area contributed by atoms with Crippen LogP contribution in [0.3, 0.4) is 0 Å². The number of aliphatic hydroxyl groups is 1. The Morgan fingerprint density at radius 2 is 1.67 bits per heavy atom. The van der Waals surface area contributed by atoms with E-state index >= 15 is 0 Å². The van der Waals surface area contributed by atoms with E-state index in [2.05, 4.69) is 0 Å². The highest BCUT2D eigenvalue weighted by Gasteiger charge is 2.47. The predicted molar refractivity (Wildman–Crippen MR) is 139 cm³/mol. The van der Waals surface area contributed by atoms with Crippen molar-refractivity contribution < 1.29 is 24.2 Å². The lowest BCUT2D eigenvalue weighted by atomic mass is 9.92. The molecule has 1 saturated heterocycles.